The topological polar surface area (TPSA) is 58.4 Å². The van der Waals surface area contributed by atoms with Crippen LogP contribution in [-0.4, -0.2) is 44.9 Å². The predicted octanol–water partition coefficient (Wildman–Crippen LogP) is 2.03. The second kappa shape index (κ2) is 7.62. The van der Waals surface area contributed by atoms with Gasteiger partial charge in [0.2, 0.25) is 5.91 Å². The molecule has 1 aromatic carbocycles. The first-order chi connectivity index (χ1) is 11.6. The monoisotopic (exact) mass is 327 g/mol. The summed E-state index contributed by atoms with van der Waals surface area (Å²) in [6.45, 7) is 3.74. The van der Waals surface area contributed by atoms with E-state index in [0.29, 0.717) is 19.5 Å². The Morgan fingerprint density at radius 2 is 2.12 bits per heavy atom. The lowest BCUT2D eigenvalue weighted by atomic mass is 9.88. The fourth-order valence-electron chi connectivity index (χ4n) is 3.32. The average molecular weight is 327 g/mol. The van der Waals surface area contributed by atoms with E-state index in [-0.39, 0.29) is 11.8 Å². The zero-order chi connectivity index (χ0) is 16.9. The van der Waals surface area contributed by atoms with Crippen LogP contribution in [0.5, 0.6) is 0 Å². The molecule has 0 bridgehead atoms. The number of aliphatic hydroxyl groups is 1. The largest absolute Gasteiger partial charge is 0.391 e. The SMILES string of the molecule is Cc1cnn(CCC(=O)N2CC[C@H](Cc3ccccc3)[C@H](O)C2)c1. The number of likely N-dealkylation sites (tertiary alicyclic amines) is 1. The number of carbonyl (C=O) groups excluding carboxylic acids is 1. The third kappa shape index (κ3) is 4.23. The summed E-state index contributed by atoms with van der Waals surface area (Å²) in [5, 5.41) is 14.6. The van der Waals surface area contributed by atoms with Crippen LogP contribution in [0.4, 0.5) is 0 Å². The van der Waals surface area contributed by atoms with Crippen LogP contribution < -0.4 is 0 Å². The van der Waals surface area contributed by atoms with Gasteiger partial charge in [0.05, 0.1) is 12.3 Å². The summed E-state index contributed by atoms with van der Waals surface area (Å²) in [6.07, 6.45) is 5.43. The first kappa shape index (κ1) is 16.7. The van der Waals surface area contributed by atoms with Crippen LogP contribution in [0.2, 0.25) is 0 Å². The van der Waals surface area contributed by atoms with Gasteiger partial charge in [0.1, 0.15) is 0 Å². The highest BCUT2D eigenvalue weighted by Crippen LogP contribution is 2.22. The third-order valence-corrected chi connectivity index (χ3v) is 4.73. The van der Waals surface area contributed by atoms with Crippen LogP contribution >= 0.6 is 0 Å². The van der Waals surface area contributed by atoms with Gasteiger partial charge in [0.25, 0.3) is 0 Å². The quantitative estimate of drug-likeness (QED) is 0.914. The van der Waals surface area contributed by atoms with Crippen LogP contribution in [0.15, 0.2) is 42.7 Å². The maximum Gasteiger partial charge on any atom is 0.224 e. The summed E-state index contributed by atoms with van der Waals surface area (Å²) in [6, 6.07) is 10.2. The van der Waals surface area contributed by atoms with E-state index in [4.69, 9.17) is 0 Å². The van der Waals surface area contributed by atoms with Gasteiger partial charge in [-0.15, -0.1) is 0 Å². The number of piperidine rings is 1. The maximum atomic E-state index is 12.4. The van der Waals surface area contributed by atoms with Crippen LogP contribution in [0, 0.1) is 12.8 Å². The van der Waals surface area contributed by atoms with Gasteiger partial charge in [0, 0.05) is 32.3 Å². The van der Waals surface area contributed by atoms with Gasteiger partial charge in [-0.2, -0.15) is 5.10 Å². The lowest BCUT2D eigenvalue weighted by Crippen LogP contribution is -2.47. The van der Waals surface area contributed by atoms with E-state index in [2.05, 4.69) is 17.2 Å². The molecule has 1 fully saturated rings. The molecule has 0 radical (unpaired) electrons. The molecule has 1 aliphatic rings. The summed E-state index contributed by atoms with van der Waals surface area (Å²) in [5.41, 5.74) is 2.34. The molecule has 5 heteroatoms. The summed E-state index contributed by atoms with van der Waals surface area (Å²) in [4.78, 5) is 14.2. The van der Waals surface area contributed by atoms with Crippen molar-refractivity contribution in [3.63, 3.8) is 0 Å². The highest BCUT2D eigenvalue weighted by Gasteiger charge is 2.29. The van der Waals surface area contributed by atoms with E-state index < -0.39 is 6.10 Å². The molecular formula is C19H25N3O2. The number of rotatable bonds is 5. The van der Waals surface area contributed by atoms with Crippen molar-refractivity contribution in [1.82, 2.24) is 14.7 Å². The Balaban J connectivity index is 1.48. The van der Waals surface area contributed by atoms with E-state index in [1.165, 1.54) is 5.56 Å². The number of hydrogen-bond donors (Lipinski definition) is 1. The Morgan fingerprint density at radius 3 is 2.79 bits per heavy atom. The first-order valence-corrected chi connectivity index (χ1v) is 8.60. The zero-order valence-electron chi connectivity index (χ0n) is 14.1. The minimum Gasteiger partial charge on any atom is -0.391 e. The Morgan fingerprint density at radius 1 is 1.33 bits per heavy atom. The number of benzene rings is 1. The van der Waals surface area contributed by atoms with Crippen molar-refractivity contribution >= 4 is 5.91 Å². The van der Waals surface area contributed by atoms with Crippen molar-refractivity contribution in [2.24, 2.45) is 5.92 Å². The van der Waals surface area contributed by atoms with E-state index in [0.717, 1.165) is 24.9 Å². The summed E-state index contributed by atoms with van der Waals surface area (Å²) in [5.74, 6) is 0.325. The summed E-state index contributed by atoms with van der Waals surface area (Å²) >= 11 is 0. The highest BCUT2D eigenvalue weighted by atomic mass is 16.3. The second-order valence-electron chi connectivity index (χ2n) is 6.68. The number of aryl methyl sites for hydroxylation is 2. The minimum atomic E-state index is -0.449. The molecule has 1 N–H and O–H groups in total. The van der Waals surface area contributed by atoms with E-state index >= 15 is 0 Å². The van der Waals surface area contributed by atoms with Gasteiger partial charge in [-0.3, -0.25) is 9.48 Å². The zero-order valence-corrected chi connectivity index (χ0v) is 14.1. The molecule has 24 heavy (non-hydrogen) atoms. The number of nitrogens with zero attached hydrogens (tertiary/aromatic N) is 3. The van der Waals surface area contributed by atoms with Gasteiger partial charge < -0.3 is 10.0 Å². The van der Waals surface area contributed by atoms with Crippen molar-refractivity contribution in [3.05, 3.63) is 53.9 Å². The molecule has 1 amide bonds. The highest BCUT2D eigenvalue weighted by molar-refractivity contribution is 5.76. The lowest BCUT2D eigenvalue weighted by molar-refractivity contribution is -0.135. The Labute approximate surface area is 142 Å². The van der Waals surface area contributed by atoms with Gasteiger partial charge >= 0.3 is 0 Å². The second-order valence-corrected chi connectivity index (χ2v) is 6.68. The Hall–Kier alpha value is -2.14. The number of amides is 1. The van der Waals surface area contributed by atoms with E-state index in [1.54, 1.807) is 15.8 Å². The molecule has 0 aliphatic carbocycles. The molecule has 1 saturated heterocycles. The third-order valence-electron chi connectivity index (χ3n) is 4.73. The van der Waals surface area contributed by atoms with E-state index in [9.17, 15) is 9.90 Å². The molecule has 2 heterocycles. The van der Waals surface area contributed by atoms with E-state index in [1.807, 2.05) is 31.3 Å². The molecule has 5 nitrogen and oxygen atoms in total. The van der Waals surface area contributed by atoms with Crippen molar-refractivity contribution in [1.29, 1.82) is 0 Å². The van der Waals surface area contributed by atoms with Crippen LogP contribution in [-0.2, 0) is 17.8 Å². The molecule has 0 spiro atoms. The molecule has 128 valence electrons. The molecular weight excluding hydrogens is 302 g/mol. The molecule has 1 aromatic heterocycles. The maximum absolute atomic E-state index is 12.4. The smallest absolute Gasteiger partial charge is 0.224 e. The number of hydrogen-bond acceptors (Lipinski definition) is 3. The van der Waals surface area contributed by atoms with Gasteiger partial charge in [-0.25, -0.2) is 0 Å². The average Bonchev–Trinajstić information content (AvgIpc) is 3.01. The molecule has 1 aliphatic heterocycles. The molecule has 2 aromatic rings. The molecule has 2 atom stereocenters. The molecule has 0 unspecified atom stereocenters. The van der Waals surface area contributed by atoms with Crippen LogP contribution in [0.25, 0.3) is 0 Å². The van der Waals surface area contributed by atoms with Gasteiger partial charge in [-0.1, -0.05) is 30.3 Å². The van der Waals surface area contributed by atoms with Gasteiger partial charge in [-0.05, 0) is 36.8 Å². The number of aliphatic hydroxyl groups excluding tert-OH is 1. The first-order valence-electron chi connectivity index (χ1n) is 8.60. The molecule has 0 saturated carbocycles. The number of aromatic nitrogens is 2. The van der Waals surface area contributed by atoms with Crippen molar-refractivity contribution in [2.45, 2.75) is 38.8 Å². The lowest BCUT2D eigenvalue weighted by Gasteiger charge is -2.36. The molecule has 3 rings (SSSR count). The Bertz CT molecular complexity index is 668. The van der Waals surface area contributed by atoms with Crippen molar-refractivity contribution in [2.75, 3.05) is 13.1 Å². The fourth-order valence-corrected chi connectivity index (χ4v) is 3.32. The van der Waals surface area contributed by atoms with Crippen LogP contribution in [0.1, 0.15) is 24.0 Å². The predicted molar refractivity (Wildman–Crippen MR) is 92.4 cm³/mol. The number of β-amino-alcohol motifs (C(OH)–C–C–N with tert-alkyl or cyclic N) is 1. The standard InChI is InChI=1S/C19H25N3O2/c1-15-12-20-22(13-15)10-8-19(24)21-9-7-17(18(23)14-21)11-16-5-3-2-4-6-16/h2-6,12-13,17-18,23H,7-11,14H2,1H3/t17-,18-/m1/s1. The summed E-state index contributed by atoms with van der Waals surface area (Å²) in [7, 11) is 0. The normalized spacial score (nSPS) is 21.0. The fraction of sp³-hybridized carbons (Fsp3) is 0.474. The Kier molecular flexibility index (Phi) is 5.30. The minimum absolute atomic E-state index is 0.0976. The van der Waals surface area contributed by atoms with Gasteiger partial charge in [0.15, 0.2) is 0 Å². The van der Waals surface area contributed by atoms with Crippen molar-refractivity contribution < 1.29 is 9.90 Å². The van der Waals surface area contributed by atoms with Crippen LogP contribution in [0.3, 0.4) is 0 Å². The number of carbonyl (C=O) groups is 1. The van der Waals surface area contributed by atoms with Crippen molar-refractivity contribution in [3.8, 4) is 0 Å². The summed E-state index contributed by atoms with van der Waals surface area (Å²) < 4.78 is 1.80.